The summed E-state index contributed by atoms with van der Waals surface area (Å²) in [7, 11) is 0. The monoisotopic (exact) mass is 270 g/mol. The largest absolute Gasteiger partial charge is 0.377 e. The minimum absolute atomic E-state index is 0.269. The SMILES string of the molecule is CC(C)OCCNc1nc2cc(Cl)ccc2s1. The van der Waals surface area contributed by atoms with Gasteiger partial charge in [-0.3, -0.25) is 0 Å². The number of fused-ring (bicyclic) bond motifs is 1. The van der Waals surface area contributed by atoms with Crippen molar-refractivity contribution in [3.8, 4) is 0 Å². The van der Waals surface area contributed by atoms with Crippen LogP contribution in [0.3, 0.4) is 0 Å². The molecule has 1 N–H and O–H groups in total. The smallest absolute Gasteiger partial charge is 0.183 e. The molecule has 0 aliphatic carbocycles. The third-order valence-corrected chi connectivity index (χ3v) is 3.41. The second kappa shape index (κ2) is 5.67. The van der Waals surface area contributed by atoms with Crippen LogP contribution in [0.1, 0.15) is 13.8 Å². The molecule has 0 amide bonds. The summed E-state index contributed by atoms with van der Waals surface area (Å²) in [5.74, 6) is 0. The molecule has 0 aliphatic heterocycles. The van der Waals surface area contributed by atoms with E-state index in [1.165, 1.54) is 0 Å². The van der Waals surface area contributed by atoms with Crippen LogP contribution in [0.5, 0.6) is 0 Å². The van der Waals surface area contributed by atoms with Gasteiger partial charge in [-0.15, -0.1) is 0 Å². The lowest BCUT2D eigenvalue weighted by Crippen LogP contribution is -2.12. The van der Waals surface area contributed by atoms with Gasteiger partial charge < -0.3 is 10.1 Å². The van der Waals surface area contributed by atoms with Crippen molar-refractivity contribution in [3.05, 3.63) is 23.2 Å². The number of hydrogen-bond donors (Lipinski definition) is 1. The number of benzene rings is 1. The molecule has 0 fully saturated rings. The van der Waals surface area contributed by atoms with Crippen LogP contribution in [0.15, 0.2) is 18.2 Å². The van der Waals surface area contributed by atoms with Gasteiger partial charge in [-0.25, -0.2) is 4.98 Å². The topological polar surface area (TPSA) is 34.1 Å². The van der Waals surface area contributed by atoms with E-state index in [9.17, 15) is 0 Å². The van der Waals surface area contributed by atoms with E-state index in [2.05, 4.69) is 10.3 Å². The Morgan fingerprint density at radius 1 is 1.47 bits per heavy atom. The fourth-order valence-electron chi connectivity index (χ4n) is 1.43. The molecule has 1 heterocycles. The van der Waals surface area contributed by atoms with Crippen molar-refractivity contribution >= 4 is 38.3 Å². The fourth-order valence-corrected chi connectivity index (χ4v) is 2.47. The van der Waals surface area contributed by atoms with Gasteiger partial charge in [0.2, 0.25) is 0 Å². The molecular formula is C12H15ClN2OS. The maximum atomic E-state index is 5.91. The molecule has 1 aromatic carbocycles. The quantitative estimate of drug-likeness (QED) is 0.840. The molecule has 0 spiro atoms. The van der Waals surface area contributed by atoms with Crippen LogP contribution < -0.4 is 5.32 Å². The highest BCUT2D eigenvalue weighted by Crippen LogP contribution is 2.27. The number of anilines is 1. The van der Waals surface area contributed by atoms with E-state index in [1.54, 1.807) is 11.3 Å². The average Bonchev–Trinajstić information content (AvgIpc) is 2.66. The zero-order valence-electron chi connectivity index (χ0n) is 9.87. The van der Waals surface area contributed by atoms with Crippen LogP contribution in [0.4, 0.5) is 5.13 Å². The first-order valence-corrected chi connectivity index (χ1v) is 6.76. The number of nitrogens with zero attached hydrogens (tertiary/aromatic N) is 1. The second-order valence-corrected chi connectivity index (χ2v) is 5.44. The molecule has 0 saturated carbocycles. The summed E-state index contributed by atoms with van der Waals surface area (Å²) in [6, 6.07) is 5.75. The van der Waals surface area contributed by atoms with Gasteiger partial charge in [0, 0.05) is 11.6 Å². The number of hydrogen-bond acceptors (Lipinski definition) is 4. The molecule has 3 nitrogen and oxygen atoms in total. The number of halogens is 1. The Bertz CT molecular complexity index is 498. The lowest BCUT2D eigenvalue weighted by Gasteiger charge is -2.07. The zero-order chi connectivity index (χ0) is 12.3. The first-order chi connectivity index (χ1) is 8.15. The fraction of sp³-hybridized carbons (Fsp3) is 0.417. The maximum Gasteiger partial charge on any atom is 0.183 e. The first kappa shape index (κ1) is 12.6. The van der Waals surface area contributed by atoms with Crippen molar-refractivity contribution in [1.29, 1.82) is 0 Å². The minimum Gasteiger partial charge on any atom is -0.377 e. The highest BCUT2D eigenvalue weighted by atomic mass is 35.5. The Labute approximate surface area is 110 Å². The van der Waals surface area contributed by atoms with Crippen molar-refractivity contribution in [3.63, 3.8) is 0 Å². The van der Waals surface area contributed by atoms with Crippen LogP contribution >= 0.6 is 22.9 Å². The molecule has 0 aliphatic rings. The molecule has 2 rings (SSSR count). The van der Waals surface area contributed by atoms with Gasteiger partial charge in [-0.2, -0.15) is 0 Å². The van der Waals surface area contributed by atoms with Gasteiger partial charge in [-0.1, -0.05) is 22.9 Å². The second-order valence-electron chi connectivity index (χ2n) is 3.98. The summed E-state index contributed by atoms with van der Waals surface area (Å²) in [5, 5.41) is 4.88. The normalized spacial score (nSPS) is 11.3. The lowest BCUT2D eigenvalue weighted by atomic mass is 10.3. The molecule has 0 unspecified atom stereocenters. The predicted octanol–water partition coefficient (Wildman–Crippen LogP) is 3.79. The highest BCUT2D eigenvalue weighted by Gasteiger charge is 2.03. The predicted molar refractivity (Wildman–Crippen MR) is 74.2 cm³/mol. The number of rotatable bonds is 5. The van der Waals surface area contributed by atoms with Crippen LogP contribution in [0.25, 0.3) is 10.2 Å². The van der Waals surface area contributed by atoms with Gasteiger partial charge in [0.25, 0.3) is 0 Å². The summed E-state index contributed by atoms with van der Waals surface area (Å²) in [4.78, 5) is 4.46. The summed E-state index contributed by atoms with van der Waals surface area (Å²) >= 11 is 7.54. The zero-order valence-corrected chi connectivity index (χ0v) is 11.4. The van der Waals surface area contributed by atoms with Crippen molar-refractivity contribution < 1.29 is 4.74 Å². The standard InChI is InChI=1S/C12H15ClN2OS/c1-8(2)16-6-5-14-12-15-10-7-9(13)3-4-11(10)17-12/h3-4,7-8H,5-6H2,1-2H3,(H,14,15). The van der Waals surface area contributed by atoms with E-state index in [4.69, 9.17) is 16.3 Å². The summed E-state index contributed by atoms with van der Waals surface area (Å²) in [5.41, 5.74) is 0.940. The molecule has 0 radical (unpaired) electrons. The van der Waals surface area contributed by atoms with Gasteiger partial charge in [0.05, 0.1) is 22.9 Å². The highest BCUT2D eigenvalue weighted by molar-refractivity contribution is 7.22. The number of ether oxygens (including phenoxy) is 1. The first-order valence-electron chi connectivity index (χ1n) is 5.57. The summed E-state index contributed by atoms with van der Waals surface area (Å²) in [6.45, 7) is 5.51. The Balaban J connectivity index is 1.95. The molecular weight excluding hydrogens is 256 g/mol. The van der Waals surface area contributed by atoms with E-state index >= 15 is 0 Å². The number of aromatic nitrogens is 1. The van der Waals surface area contributed by atoms with Crippen LogP contribution in [0.2, 0.25) is 5.02 Å². The number of nitrogens with one attached hydrogen (secondary N) is 1. The van der Waals surface area contributed by atoms with Gasteiger partial charge >= 0.3 is 0 Å². The molecule has 0 saturated heterocycles. The van der Waals surface area contributed by atoms with Crippen molar-refractivity contribution in [2.75, 3.05) is 18.5 Å². The average molecular weight is 271 g/mol. The lowest BCUT2D eigenvalue weighted by molar-refractivity contribution is 0.0870. The molecule has 5 heteroatoms. The van der Waals surface area contributed by atoms with E-state index in [0.29, 0.717) is 6.61 Å². The third kappa shape index (κ3) is 3.56. The van der Waals surface area contributed by atoms with Crippen LogP contribution in [-0.2, 0) is 4.74 Å². The molecule has 0 atom stereocenters. The Morgan fingerprint density at radius 2 is 2.29 bits per heavy atom. The minimum atomic E-state index is 0.269. The van der Waals surface area contributed by atoms with E-state index < -0.39 is 0 Å². The van der Waals surface area contributed by atoms with Gasteiger partial charge in [0.1, 0.15) is 0 Å². The third-order valence-electron chi connectivity index (χ3n) is 2.18. The molecule has 2 aromatic rings. The van der Waals surface area contributed by atoms with Crippen LogP contribution in [-0.4, -0.2) is 24.2 Å². The van der Waals surface area contributed by atoms with Crippen molar-refractivity contribution in [1.82, 2.24) is 4.98 Å². The molecule has 1 aromatic heterocycles. The Kier molecular flexibility index (Phi) is 4.20. The Morgan fingerprint density at radius 3 is 3.06 bits per heavy atom. The van der Waals surface area contributed by atoms with Crippen molar-refractivity contribution in [2.45, 2.75) is 20.0 Å². The summed E-state index contributed by atoms with van der Waals surface area (Å²) < 4.78 is 6.59. The van der Waals surface area contributed by atoms with E-state index in [0.717, 1.165) is 26.9 Å². The van der Waals surface area contributed by atoms with Crippen molar-refractivity contribution in [2.24, 2.45) is 0 Å². The van der Waals surface area contributed by atoms with Gasteiger partial charge in [-0.05, 0) is 32.0 Å². The maximum absolute atomic E-state index is 5.91. The molecule has 92 valence electrons. The van der Waals surface area contributed by atoms with E-state index in [-0.39, 0.29) is 6.10 Å². The van der Waals surface area contributed by atoms with E-state index in [1.807, 2.05) is 32.0 Å². The Hall–Kier alpha value is -0.840. The van der Waals surface area contributed by atoms with Gasteiger partial charge in [0.15, 0.2) is 5.13 Å². The molecule has 17 heavy (non-hydrogen) atoms. The number of thiazole rings is 1. The molecule has 0 bridgehead atoms. The van der Waals surface area contributed by atoms with Crippen LogP contribution in [0, 0.1) is 0 Å². The summed E-state index contributed by atoms with van der Waals surface area (Å²) in [6.07, 6.45) is 0.269.